The maximum absolute atomic E-state index is 12.5. The molecule has 0 atom stereocenters. The Balaban J connectivity index is 2.10. The summed E-state index contributed by atoms with van der Waals surface area (Å²) in [5.74, 6) is -0.00178. The highest BCUT2D eigenvalue weighted by molar-refractivity contribution is 7.89. The molecule has 1 aliphatic heterocycles. The molecule has 1 fully saturated rings. The number of rotatable bonds is 3. The van der Waals surface area contributed by atoms with Crippen molar-refractivity contribution >= 4 is 21.6 Å². The first kappa shape index (κ1) is 15.8. The van der Waals surface area contributed by atoms with Gasteiger partial charge in [0.15, 0.2) is 0 Å². The van der Waals surface area contributed by atoms with Crippen LogP contribution in [0.15, 0.2) is 29.2 Å². The number of anilines is 1. The average Bonchev–Trinajstić information content (AvgIpc) is 2.46. The van der Waals surface area contributed by atoms with E-state index >= 15 is 0 Å². The van der Waals surface area contributed by atoms with Gasteiger partial charge in [0.1, 0.15) is 0 Å². The van der Waals surface area contributed by atoms with Crippen molar-refractivity contribution in [1.29, 1.82) is 0 Å². The van der Waals surface area contributed by atoms with Crippen molar-refractivity contribution in [2.75, 3.05) is 31.9 Å². The highest BCUT2D eigenvalue weighted by Crippen LogP contribution is 2.20. The van der Waals surface area contributed by atoms with Gasteiger partial charge in [0.05, 0.1) is 4.90 Å². The molecule has 0 unspecified atom stereocenters. The van der Waals surface area contributed by atoms with Crippen LogP contribution < -0.4 is 5.73 Å². The Morgan fingerprint density at radius 2 is 1.81 bits per heavy atom. The minimum atomic E-state index is -3.54. The summed E-state index contributed by atoms with van der Waals surface area (Å²) in [4.78, 5) is 13.8. The van der Waals surface area contributed by atoms with E-state index < -0.39 is 10.0 Å². The van der Waals surface area contributed by atoms with Crippen molar-refractivity contribution in [1.82, 2.24) is 9.21 Å². The zero-order valence-electron chi connectivity index (χ0n) is 12.3. The smallest absolute Gasteiger partial charge is 0.243 e. The lowest BCUT2D eigenvalue weighted by Crippen LogP contribution is -2.51. The monoisotopic (exact) mass is 311 g/mol. The molecule has 0 aromatic heterocycles. The van der Waals surface area contributed by atoms with E-state index in [4.69, 9.17) is 5.73 Å². The average molecular weight is 311 g/mol. The number of nitrogens with two attached hydrogens (primary N) is 1. The lowest BCUT2D eigenvalue weighted by atomic mass is 10.2. The van der Waals surface area contributed by atoms with Crippen molar-refractivity contribution in [2.45, 2.75) is 18.7 Å². The van der Waals surface area contributed by atoms with Crippen LogP contribution in [0.3, 0.4) is 0 Å². The SMILES string of the molecule is CC(C)C(=O)N1CCN(S(=O)(=O)c2cccc(N)c2)CC1. The molecule has 1 aromatic rings. The van der Waals surface area contributed by atoms with Gasteiger partial charge >= 0.3 is 0 Å². The van der Waals surface area contributed by atoms with E-state index in [1.807, 2.05) is 13.8 Å². The first-order valence-corrected chi connectivity index (χ1v) is 8.41. The molecule has 116 valence electrons. The zero-order chi connectivity index (χ0) is 15.6. The van der Waals surface area contributed by atoms with E-state index in [-0.39, 0.29) is 16.7 Å². The number of benzene rings is 1. The minimum absolute atomic E-state index is 0.0657. The summed E-state index contributed by atoms with van der Waals surface area (Å²) < 4.78 is 26.4. The second kappa shape index (κ2) is 6.03. The van der Waals surface area contributed by atoms with Crippen molar-refractivity contribution in [3.8, 4) is 0 Å². The topological polar surface area (TPSA) is 83.7 Å². The highest BCUT2D eigenvalue weighted by Gasteiger charge is 2.30. The van der Waals surface area contributed by atoms with Gasteiger partial charge in [-0.2, -0.15) is 4.31 Å². The minimum Gasteiger partial charge on any atom is -0.399 e. The molecular formula is C14H21N3O3S. The Hall–Kier alpha value is -1.60. The molecule has 0 aliphatic carbocycles. The summed E-state index contributed by atoms with van der Waals surface area (Å²) in [7, 11) is -3.54. The molecule has 1 heterocycles. The van der Waals surface area contributed by atoms with Crippen LogP contribution in [0.2, 0.25) is 0 Å². The van der Waals surface area contributed by atoms with Crippen LogP contribution in [-0.2, 0) is 14.8 Å². The van der Waals surface area contributed by atoms with Crippen molar-refractivity contribution in [3.63, 3.8) is 0 Å². The normalized spacial score (nSPS) is 17.2. The number of nitrogens with zero attached hydrogens (tertiary/aromatic N) is 2. The van der Waals surface area contributed by atoms with Crippen LogP contribution in [0, 0.1) is 5.92 Å². The number of nitrogen functional groups attached to an aromatic ring is 1. The zero-order valence-corrected chi connectivity index (χ0v) is 13.1. The summed E-state index contributed by atoms with van der Waals surface area (Å²) in [5, 5.41) is 0. The number of carbonyl (C=O) groups is 1. The van der Waals surface area contributed by atoms with Crippen LogP contribution in [0.5, 0.6) is 0 Å². The number of amides is 1. The van der Waals surface area contributed by atoms with Crippen molar-refractivity contribution in [3.05, 3.63) is 24.3 Å². The first-order chi connectivity index (χ1) is 9.82. The summed E-state index contributed by atoms with van der Waals surface area (Å²) in [5.41, 5.74) is 6.07. The third-order valence-corrected chi connectivity index (χ3v) is 5.43. The Labute approximate surface area is 125 Å². The third-order valence-electron chi connectivity index (χ3n) is 3.54. The van der Waals surface area contributed by atoms with Gasteiger partial charge < -0.3 is 10.6 Å². The molecule has 1 amide bonds. The summed E-state index contributed by atoms with van der Waals surface area (Å²) in [6, 6.07) is 6.28. The molecule has 6 nitrogen and oxygen atoms in total. The fourth-order valence-corrected chi connectivity index (χ4v) is 3.82. The fraction of sp³-hybridized carbons (Fsp3) is 0.500. The lowest BCUT2D eigenvalue weighted by Gasteiger charge is -2.34. The van der Waals surface area contributed by atoms with Crippen molar-refractivity contribution < 1.29 is 13.2 Å². The maximum atomic E-state index is 12.5. The molecule has 1 aromatic carbocycles. The van der Waals surface area contributed by atoms with Gasteiger partial charge in [0.2, 0.25) is 15.9 Å². The molecule has 2 rings (SSSR count). The Morgan fingerprint density at radius 3 is 2.33 bits per heavy atom. The van der Waals surface area contributed by atoms with Crippen molar-refractivity contribution in [2.24, 2.45) is 5.92 Å². The molecule has 2 N–H and O–H groups in total. The highest BCUT2D eigenvalue weighted by atomic mass is 32.2. The van der Waals surface area contributed by atoms with Crippen LogP contribution in [0.25, 0.3) is 0 Å². The van der Waals surface area contributed by atoms with Crippen LogP contribution >= 0.6 is 0 Å². The fourth-order valence-electron chi connectivity index (χ4n) is 2.34. The first-order valence-electron chi connectivity index (χ1n) is 6.97. The molecule has 0 bridgehead atoms. The molecule has 1 aliphatic rings. The van der Waals surface area contributed by atoms with E-state index in [2.05, 4.69) is 0 Å². The van der Waals surface area contributed by atoms with Crippen LogP contribution in [0.1, 0.15) is 13.8 Å². The van der Waals surface area contributed by atoms with Gasteiger partial charge in [-0.1, -0.05) is 19.9 Å². The largest absolute Gasteiger partial charge is 0.399 e. The second-order valence-electron chi connectivity index (χ2n) is 5.46. The summed E-state index contributed by atoms with van der Waals surface area (Å²) in [6.45, 7) is 5.18. The Bertz CT molecular complexity index is 620. The standard InChI is InChI=1S/C14H21N3O3S/c1-11(2)14(18)16-6-8-17(9-7-16)21(19,20)13-5-3-4-12(15)10-13/h3-5,10-11H,6-9,15H2,1-2H3. The Kier molecular flexibility index (Phi) is 4.53. The number of hydrogen-bond donors (Lipinski definition) is 1. The summed E-state index contributed by atoms with van der Waals surface area (Å²) >= 11 is 0. The number of hydrogen-bond acceptors (Lipinski definition) is 4. The second-order valence-corrected chi connectivity index (χ2v) is 7.39. The maximum Gasteiger partial charge on any atom is 0.243 e. The van der Waals surface area contributed by atoms with E-state index in [1.54, 1.807) is 17.0 Å². The molecule has 0 spiro atoms. The molecule has 21 heavy (non-hydrogen) atoms. The lowest BCUT2D eigenvalue weighted by molar-refractivity contribution is -0.135. The van der Waals surface area contributed by atoms with Gasteiger partial charge in [-0.25, -0.2) is 8.42 Å². The van der Waals surface area contributed by atoms with E-state index in [9.17, 15) is 13.2 Å². The molecule has 0 saturated carbocycles. The van der Waals surface area contributed by atoms with Crippen LogP contribution in [0.4, 0.5) is 5.69 Å². The van der Waals surface area contributed by atoms with Gasteiger partial charge in [-0.3, -0.25) is 4.79 Å². The predicted molar refractivity (Wildman–Crippen MR) is 81.0 cm³/mol. The predicted octanol–water partition coefficient (Wildman–Crippen LogP) is 0.758. The van der Waals surface area contributed by atoms with Crippen LogP contribution in [-0.4, -0.2) is 49.7 Å². The molecule has 7 heteroatoms. The van der Waals surface area contributed by atoms with Gasteiger partial charge in [0, 0.05) is 37.8 Å². The quantitative estimate of drug-likeness (QED) is 0.835. The van der Waals surface area contributed by atoms with E-state index in [0.717, 1.165) is 0 Å². The van der Waals surface area contributed by atoms with Gasteiger partial charge in [0.25, 0.3) is 0 Å². The number of piperazine rings is 1. The van der Waals surface area contributed by atoms with E-state index in [0.29, 0.717) is 31.9 Å². The molecule has 1 saturated heterocycles. The number of carbonyl (C=O) groups excluding carboxylic acids is 1. The van der Waals surface area contributed by atoms with Gasteiger partial charge in [-0.05, 0) is 18.2 Å². The number of sulfonamides is 1. The molecular weight excluding hydrogens is 290 g/mol. The Morgan fingerprint density at radius 1 is 1.19 bits per heavy atom. The van der Waals surface area contributed by atoms with E-state index in [1.165, 1.54) is 16.4 Å². The summed E-state index contributed by atoms with van der Waals surface area (Å²) in [6.07, 6.45) is 0. The molecule has 0 radical (unpaired) electrons. The van der Waals surface area contributed by atoms with Gasteiger partial charge in [-0.15, -0.1) is 0 Å². The third kappa shape index (κ3) is 3.36.